The molecule has 0 unspecified atom stereocenters. The van der Waals surface area contributed by atoms with Crippen LogP contribution in [-0.2, 0) is 4.57 Å². The Labute approximate surface area is 118 Å². The molecule has 0 saturated carbocycles. The van der Waals surface area contributed by atoms with Crippen molar-refractivity contribution < 1.29 is 4.57 Å². The van der Waals surface area contributed by atoms with E-state index in [0.29, 0.717) is 5.39 Å². The Bertz CT molecular complexity index is 657. The molecule has 8 heteroatoms. The predicted octanol–water partition coefficient (Wildman–Crippen LogP) is 4.35. The van der Waals surface area contributed by atoms with Crippen LogP contribution in [0.3, 0.4) is 0 Å². The highest BCUT2D eigenvalue weighted by molar-refractivity contribution is 8.24. The molecule has 0 saturated heterocycles. The summed E-state index contributed by atoms with van der Waals surface area (Å²) in [6.45, 7) is 4.00. The van der Waals surface area contributed by atoms with Gasteiger partial charge in [-0.2, -0.15) is 0 Å². The van der Waals surface area contributed by atoms with Crippen LogP contribution in [0.5, 0.6) is 0 Å². The minimum Gasteiger partial charge on any atom is -0.313 e. The molecule has 1 N–H and O–H groups in total. The Balaban J connectivity index is 0.000000280. The second kappa shape index (κ2) is 6.07. The number of rotatable bonds is 0. The van der Waals surface area contributed by atoms with E-state index in [4.69, 9.17) is 0 Å². The van der Waals surface area contributed by atoms with E-state index in [1.807, 2.05) is 26.0 Å². The zero-order chi connectivity index (χ0) is 13.9. The number of halogens is 3. The maximum Gasteiger partial charge on any atom is 0.339 e. The number of H-pyrrole nitrogens is 1. The first-order chi connectivity index (χ1) is 8.18. The van der Waals surface area contributed by atoms with Crippen molar-refractivity contribution >= 4 is 49.8 Å². The van der Waals surface area contributed by atoms with Gasteiger partial charge in [-0.1, -0.05) is 0 Å². The number of aryl methyl sites for hydroxylation is 2. The first-order valence-electron chi connectivity index (χ1n) is 4.82. The van der Waals surface area contributed by atoms with Gasteiger partial charge in [0, 0.05) is 0 Å². The third-order valence-corrected chi connectivity index (χ3v) is 2.26. The lowest BCUT2D eigenvalue weighted by Gasteiger charge is -2.01. The molecule has 1 aromatic carbocycles. The van der Waals surface area contributed by atoms with Crippen molar-refractivity contribution in [1.29, 1.82) is 0 Å². The largest absolute Gasteiger partial charge is 0.339 e. The second-order valence-corrected chi connectivity index (χ2v) is 10.2. The molecule has 4 nitrogen and oxygen atoms in total. The van der Waals surface area contributed by atoms with E-state index in [0.717, 1.165) is 16.6 Å². The summed E-state index contributed by atoms with van der Waals surface area (Å²) in [5.74, 6) is 0. The van der Waals surface area contributed by atoms with Gasteiger partial charge in [-0.15, -0.1) is 0 Å². The van der Waals surface area contributed by atoms with Crippen molar-refractivity contribution in [1.82, 2.24) is 9.97 Å². The first kappa shape index (κ1) is 15.5. The lowest BCUT2D eigenvalue weighted by atomic mass is 10.1. The first-order valence-corrected chi connectivity index (χ1v) is 9.24. The highest BCUT2D eigenvalue weighted by Crippen LogP contribution is 2.61. The van der Waals surface area contributed by atoms with Crippen molar-refractivity contribution in [2.75, 3.05) is 0 Å². The quantitative estimate of drug-likeness (QED) is 0.732. The minimum absolute atomic E-state index is 0.0758. The summed E-state index contributed by atoms with van der Waals surface area (Å²) in [7, 11) is 0. The van der Waals surface area contributed by atoms with E-state index in [9.17, 15) is 9.36 Å². The van der Waals surface area contributed by atoms with Gasteiger partial charge in [0.1, 0.15) is 0 Å². The number of fused-ring (bicyclic) bond motifs is 1. The smallest absolute Gasteiger partial charge is 0.313 e. The van der Waals surface area contributed by atoms with Gasteiger partial charge in [0.2, 0.25) is 0 Å². The second-order valence-electron chi connectivity index (χ2n) is 3.58. The molecule has 2 aromatic rings. The molecule has 0 atom stereocenters. The highest BCUT2D eigenvalue weighted by Gasteiger charge is 2.03. The fraction of sp³-hybridized carbons (Fsp3) is 0.200. The molecular weight excluding hydrogens is 317 g/mol. The van der Waals surface area contributed by atoms with E-state index in [2.05, 4.69) is 43.7 Å². The van der Waals surface area contributed by atoms with Crippen LogP contribution < -0.4 is 5.56 Å². The van der Waals surface area contributed by atoms with Gasteiger partial charge in [0.15, 0.2) is 0 Å². The average Bonchev–Trinajstić information content (AvgIpc) is 2.19. The topological polar surface area (TPSA) is 62.8 Å². The number of hydrogen-bond donors (Lipinski definition) is 1. The molecule has 0 bridgehead atoms. The highest BCUT2D eigenvalue weighted by atomic mass is 36.0. The number of aromatic nitrogens is 2. The lowest BCUT2D eigenvalue weighted by molar-refractivity contribution is 0.600. The molecule has 0 radical (unpaired) electrons. The minimum atomic E-state index is -3.22. The summed E-state index contributed by atoms with van der Waals surface area (Å²) in [6.07, 6.45) is 1.43. The van der Waals surface area contributed by atoms with Gasteiger partial charge in [-0.05, 0) is 70.8 Å². The molecule has 0 aliphatic heterocycles. The van der Waals surface area contributed by atoms with Crippen molar-refractivity contribution in [2.45, 2.75) is 13.8 Å². The van der Waals surface area contributed by atoms with E-state index >= 15 is 0 Å². The van der Waals surface area contributed by atoms with Gasteiger partial charge in [-0.25, -0.2) is 4.98 Å². The third-order valence-electron chi connectivity index (χ3n) is 2.26. The zero-order valence-electron chi connectivity index (χ0n) is 9.58. The van der Waals surface area contributed by atoms with Crippen LogP contribution in [0.15, 0.2) is 23.3 Å². The van der Waals surface area contributed by atoms with Crippen molar-refractivity contribution in [3.05, 3.63) is 39.9 Å². The Hall–Kier alpha value is -0.540. The van der Waals surface area contributed by atoms with E-state index in [1.165, 1.54) is 6.33 Å². The fourth-order valence-electron chi connectivity index (χ4n) is 1.33. The SMILES string of the molecule is Cc1cc2nc[nH]c(=O)c2cc1C.O=P(Cl)(Cl)Cl. The Morgan fingerprint density at radius 1 is 1.17 bits per heavy atom. The van der Waals surface area contributed by atoms with Crippen molar-refractivity contribution in [3.63, 3.8) is 0 Å². The van der Waals surface area contributed by atoms with E-state index in [1.54, 1.807) is 0 Å². The summed E-state index contributed by atoms with van der Waals surface area (Å²) in [5.41, 5.74) is 2.96. The molecule has 2 rings (SSSR count). The number of nitrogens with zero attached hydrogens (tertiary/aromatic N) is 1. The number of benzene rings is 1. The third kappa shape index (κ3) is 4.99. The zero-order valence-corrected chi connectivity index (χ0v) is 12.7. The molecule has 98 valence electrons. The fourth-order valence-corrected chi connectivity index (χ4v) is 1.33. The molecule has 0 amide bonds. The summed E-state index contributed by atoms with van der Waals surface area (Å²) in [6, 6.07) is 3.80. The van der Waals surface area contributed by atoms with Crippen LogP contribution in [0.25, 0.3) is 10.9 Å². The van der Waals surface area contributed by atoms with Crippen molar-refractivity contribution in [3.8, 4) is 0 Å². The van der Waals surface area contributed by atoms with Crippen LogP contribution in [0.4, 0.5) is 0 Å². The summed E-state index contributed by atoms with van der Waals surface area (Å²) in [4.78, 5) is 18.0. The number of nitrogens with one attached hydrogen (secondary N) is 1. The molecular formula is C10H10Cl3N2O2P. The standard InChI is InChI=1S/C10H10N2O.Cl3OP/c1-6-3-8-9(4-7(6)2)11-5-12-10(8)13;1-5(2,3)4/h3-5H,1-2H3,(H,11,12,13);. The molecule has 0 fully saturated rings. The molecule has 0 spiro atoms. The molecule has 18 heavy (non-hydrogen) atoms. The number of hydrogen-bond acceptors (Lipinski definition) is 3. The van der Waals surface area contributed by atoms with Crippen LogP contribution in [0.2, 0.25) is 0 Å². The van der Waals surface area contributed by atoms with Gasteiger partial charge >= 0.3 is 5.20 Å². The van der Waals surface area contributed by atoms with Crippen molar-refractivity contribution in [2.24, 2.45) is 0 Å². The maximum absolute atomic E-state index is 11.3. The predicted molar refractivity (Wildman–Crippen MR) is 77.0 cm³/mol. The normalized spacial score (nSPS) is 10.9. The Kier molecular flexibility index (Phi) is 5.23. The maximum atomic E-state index is 11.3. The average molecular weight is 328 g/mol. The monoisotopic (exact) mass is 326 g/mol. The molecule has 0 aliphatic carbocycles. The Morgan fingerprint density at radius 2 is 1.67 bits per heavy atom. The van der Waals surface area contributed by atoms with Gasteiger partial charge in [-0.3, -0.25) is 9.36 Å². The summed E-state index contributed by atoms with van der Waals surface area (Å²) in [5, 5.41) is -2.56. The molecule has 1 aromatic heterocycles. The van der Waals surface area contributed by atoms with Gasteiger partial charge in [0.05, 0.1) is 17.2 Å². The summed E-state index contributed by atoms with van der Waals surface area (Å²) >= 11 is 13.8. The van der Waals surface area contributed by atoms with Gasteiger partial charge < -0.3 is 4.98 Å². The molecule has 1 heterocycles. The van der Waals surface area contributed by atoms with Crippen LogP contribution in [0, 0.1) is 13.8 Å². The Morgan fingerprint density at radius 3 is 2.22 bits per heavy atom. The molecule has 0 aliphatic rings. The van der Waals surface area contributed by atoms with Crippen LogP contribution >= 0.6 is 38.9 Å². The van der Waals surface area contributed by atoms with E-state index in [-0.39, 0.29) is 5.56 Å². The van der Waals surface area contributed by atoms with Crippen LogP contribution in [-0.4, -0.2) is 9.97 Å². The summed E-state index contributed by atoms with van der Waals surface area (Å²) < 4.78 is 9.51. The van der Waals surface area contributed by atoms with Crippen LogP contribution in [0.1, 0.15) is 11.1 Å². The lowest BCUT2D eigenvalue weighted by Crippen LogP contribution is -2.06. The number of aromatic amines is 1. The van der Waals surface area contributed by atoms with Gasteiger partial charge in [0.25, 0.3) is 5.56 Å². The van der Waals surface area contributed by atoms with E-state index < -0.39 is 5.20 Å².